The molecule has 142 valence electrons. The lowest BCUT2D eigenvalue weighted by atomic mass is 10.1. The van der Waals surface area contributed by atoms with Crippen LogP contribution in [0.25, 0.3) is 11.2 Å². The summed E-state index contributed by atoms with van der Waals surface area (Å²) in [5.74, 6) is 0.679. The van der Waals surface area contributed by atoms with Gasteiger partial charge in [0.05, 0.1) is 6.20 Å². The Kier molecular flexibility index (Phi) is 5.39. The fraction of sp³-hybridized carbons (Fsp3) is 0.400. The fourth-order valence-corrected chi connectivity index (χ4v) is 3.00. The predicted molar refractivity (Wildman–Crippen MR) is 105 cm³/mol. The van der Waals surface area contributed by atoms with Gasteiger partial charge in [0.1, 0.15) is 11.3 Å². The molecule has 1 aromatic carbocycles. The third-order valence-electron chi connectivity index (χ3n) is 4.68. The number of amides is 1. The Balaban J connectivity index is 1.85. The zero-order valence-electron chi connectivity index (χ0n) is 16.3. The van der Waals surface area contributed by atoms with Crippen molar-refractivity contribution >= 4 is 17.2 Å². The third-order valence-corrected chi connectivity index (χ3v) is 4.68. The van der Waals surface area contributed by atoms with E-state index in [4.69, 9.17) is 0 Å². The Morgan fingerprint density at radius 2 is 1.89 bits per heavy atom. The molecule has 0 fully saturated rings. The van der Waals surface area contributed by atoms with E-state index in [2.05, 4.69) is 34.2 Å². The molecule has 3 aromatic rings. The monoisotopic (exact) mass is 367 g/mol. The van der Waals surface area contributed by atoms with Gasteiger partial charge in [0.15, 0.2) is 5.65 Å². The van der Waals surface area contributed by atoms with Gasteiger partial charge in [0.2, 0.25) is 0 Å². The number of nitrogens with zero attached hydrogens (tertiary/aromatic N) is 5. The average molecular weight is 367 g/mol. The fourth-order valence-electron chi connectivity index (χ4n) is 3.00. The van der Waals surface area contributed by atoms with Gasteiger partial charge >= 0.3 is 11.7 Å². The predicted octanol–water partition coefficient (Wildman–Crippen LogP) is 2.53. The first kappa shape index (κ1) is 18.8. The van der Waals surface area contributed by atoms with E-state index in [0.717, 1.165) is 29.4 Å². The normalized spacial score (nSPS) is 11.1. The number of benzene rings is 1. The van der Waals surface area contributed by atoms with Gasteiger partial charge in [-0.25, -0.2) is 24.1 Å². The van der Waals surface area contributed by atoms with Crippen LogP contribution in [0.15, 0.2) is 35.3 Å². The molecule has 0 unspecified atom stereocenters. The summed E-state index contributed by atoms with van der Waals surface area (Å²) < 4.78 is 2.56. The Hall–Kier alpha value is -2.96. The van der Waals surface area contributed by atoms with Crippen LogP contribution in [-0.4, -0.2) is 43.6 Å². The summed E-state index contributed by atoms with van der Waals surface area (Å²) in [6, 6.07) is 7.85. The van der Waals surface area contributed by atoms with E-state index in [1.807, 2.05) is 13.8 Å². The number of rotatable bonds is 5. The molecule has 7 nitrogen and oxygen atoms in total. The maximum absolute atomic E-state index is 12.9. The summed E-state index contributed by atoms with van der Waals surface area (Å²) in [7, 11) is 3.33. The molecule has 7 heteroatoms. The van der Waals surface area contributed by atoms with Gasteiger partial charge in [-0.2, -0.15) is 0 Å². The summed E-state index contributed by atoms with van der Waals surface area (Å²) in [5, 5.41) is 0. The van der Waals surface area contributed by atoms with E-state index in [1.54, 1.807) is 25.2 Å². The second kappa shape index (κ2) is 7.73. The van der Waals surface area contributed by atoms with Crippen LogP contribution in [0.2, 0.25) is 0 Å². The minimum Gasteiger partial charge on any atom is -0.327 e. The van der Waals surface area contributed by atoms with Crippen LogP contribution < -0.4 is 5.69 Å². The first-order valence-corrected chi connectivity index (χ1v) is 9.16. The third kappa shape index (κ3) is 3.77. The summed E-state index contributed by atoms with van der Waals surface area (Å²) in [6.07, 6.45) is 3.94. The second-order valence-electron chi connectivity index (χ2n) is 6.86. The van der Waals surface area contributed by atoms with Gasteiger partial charge in [-0.05, 0) is 25.3 Å². The summed E-state index contributed by atoms with van der Waals surface area (Å²) >= 11 is 0. The van der Waals surface area contributed by atoms with Gasteiger partial charge in [-0.1, -0.05) is 36.8 Å². The van der Waals surface area contributed by atoms with E-state index in [9.17, 15) is 9.59 Å². The number of carbonyl (C=O) groups is 1. The summed E-state index contributed by atoms with van der Waals surface area (Å²) in [6.45, 7) is 4.60. The number of hydrogen-bond donors (Lipinski definition) is 0. The number of carbonyl (C=O) groups excluding carboxylic acids is 1. The van der Waals surface area contributed by atoms with Crippen LogP contribution in [0.1, 0.15) is 30.3 Å². The van der Waals surface area contributed by atoms with E-state index in [-0.39, 0.29) is 6.03 Å². The molecule has 0 radical (unpaired) electrons. The largest absolute Gasteiger partial charge is 0.338 e. The maximum atomic E-state index is 12.9. The molecular formula is C20H25N5O2. The van der Waals surface area contributed by atoms with Crippen molar-refractivity contribution in [2.75, 3.05) is 13.6 Å². The SMILES string of the molecule is CCCc1ncc2c(n1)n(C)c(=O)n2C(=O)N(C)CCc1ccc(C)cc1. The zero-order chi connectivity index (χ0) is 19.6. The molecule has 0 aliphatic rings. The Morgan fingerprint density at radius 3 is 2.56 bits per heavy atom. The molecule has 0 aliphatic heterocycles. The molecule has 0 bridgehead atoms. The number of fused-ring (bicyclic) bond motifs is 1. The van der Waals surface area contributed by atoms with Crippen LogP contribution in [0.5, 0.6) is 0 Å². The smallest absolute Gasteiger partial charge is 0.327 e. The average Bonchev–Trinajstić information content (AvgIpc) is 2.91. The van der Waals surface area contributed by atoms with Gasteiger partial charge in [-0.3, -0.25) is 4.57 Å². The van der Waals surface area contributed by atoms with Crippen molar-refractivity contribution in [1.29, 1.82) is 0 Å². The molecule has 0 aliphatic carbocycles. The lowest BCUT2D eigenvalue weighted by molar-refractivity contribution is 0.211. The zero-order valence-corrected chi connectivity index (χ0v) is 16.3. The van der Waals surface area contributed by atoms with Gasteiger partial charge < -0.3 is 4.90 Å². The van der Waals surface area contributed by atoms with Crippen molar-refractivity contribution < 1.29 is 4.79 Å². The van der Waals surface area contributed by atoms with Crippen molar-refractivity contribution in [1.82, 2.24) is 24.0 Å². The van der Waals surface area contributed by atoms with Crippen LogP contribution in [0.3, 0.4) is 0 Å². The van der Waals surface area contributed by atoms with Crippen molar-refractivity contribution in [2.45, 2.75) is 33.1 Å². The highest BCUT2D eigenvalue weighted by Gasteiger charge is 2.21. The highest BCUT2D eigenvalue weighted by atomic mass is 16.2. The molecule has 0 atom stereocenters. The molecule has 0 saturated carbocycles. The van der Waals surface area contributed by atoms with Gasteiger partial charge in [-0.15, -0.1) is 0 Å². The van der Waals surface area contributed by atoms with E-state index < -0.39 is 5.69 Å². The molecule has 1 amide bonds. The molecule has 0 spiro atoms. The minimum absolute atomic E-state index is 0.371. The Morgan fingerprint density at radius 1 is 1.19 bits per heavy atom. The van der Waals surface area contributed by atoms with Gasteiger partial charge in [0, 0.05) is 27.1 Å². The highest BCUT2D eigenvalue weighted by Crippen LogP contribution is 2.11. The topological polar surface area (TPSA) is 73.0 Å². The number of imidazole rings is 1. The quantitative estimate of drug-likeness (QED) is 0.695. The van der Waals surface area contributed by atoms with Crippen molar-refractivity contribution in [2.24, 2.45) is 7.05 Å². The number of hydrogen-bond acceptors (Lipinski definition) is 4. The highest BCUT2D eigenvalue weighted by molar-refractivity contribution is 5.87. The van der Waals surface area contributed by atoms with Crippen molar-refractivity contribution in [3.8, 4) is 0 Å². The first-order valence-electron chi connectivity index (χ1n) is 9.16. The van der Waals surface area contributed by atoms with Crippen molar-refractivity contribution in [3.63, 3.8) is 0 Å². The van der Waals surface area contributed by atoms with Crippen molar-refractivity contribution in [3.05, 3.63) is 57.9 Å². The lowest BCUT2D eigenvalue weighted by Gasteiger charge is -2.17. The molecule has 0 N–H and O–H groups in total. The standard InChI is InChI=1S/C20H25N5O2/c1-5-6-17-21-13-16-18(22-17)24(4)20(27)25(16)19(26)23(3)12-11-15-9-7-14(2)8-10-15/h7-10,13H,5-6,11-12H2,1-4H3. The van der Waals surface area contributed by atoms with Crippen LogP contribution in [-0.2, 0) is 19.9 Å². The molecule has 2 aromatic heterocycles. The number of likely N-dealkylation sites (N-methyl/N-ethyl adjacent to an activating group) is 1. The molecule has 27 heavy (non-hydrogen) atoms. The number of aryl methyl sites for hydroxylation is 3. The van der Waals surface area contributed by atoms with Crippen LogP contribution in [0, 0.1) is 6.92 Å². The lowest BCUT2D eigenvalue weighted by Crippen LogP contribution is -2.38. The van der Waals surface area contributed by atoms with Gasteiger partial charge in [0.25, 0.3) is 0 Å². The molecular weight excluding hydrogens is 342 g/mol. The molecule has 0 saturated heterocycles. The first-order chi connectivity index (χ1) is 12.9. The second-order valence-corrected chi connectivity index (χ2v) is 6.86. The van der Waals surface area contributed by atoms with E-state index in [1.165, 1.54) is 10.1 Å². The number of aromatic nitrogens is 4. The van der Waals surface area contributed by atoms with Crippen LogP contribution in [0.4, 0.5) is 4.79 Å². The Labute approximate surface area is 158 Å². The summed E-state index contributed by atoms with van der Waals surface area (Å²) in [4.78, 5) is 35.8. The maximum Gasteiger partial charge on any atom is 0.338 e. The summed E-state index contributed by atoms with van der Waals surface area (Å²) in [5.41, 5.74) is 2.87. The van der Waals surface area contributed by atoms with E-state index in [0.29, 0.717) is 23.5 Å². The van der Waals surface area contributed by atoms with Crippen LogP contribution >= 0.6 is 0 Å². The minimum atomic E-state index is -0.403. The molecule has 2 heterocycles. The van der Waals surface area contributed by atoms with E-state index >= 15 is 0 Å². The Bertz CT molecular complexity index is 1020. The molecule has 3 rings (SSSR count).